The number of rotatable bonds is 10. The fourth-order valence-corrected chi connectivity index (χ4v) is 25.6. The molecule has 10 heteroatoms. The molecule has 0 amide bonds. The number of nitrogens with zero attached hydrogens (tertiary/aromatic N) is 9. The minimum absolute atomic E-state index is 0.0463. The Bertz CT molecular complexity index is 10300. The van der Waals surface area contributed by atoms with Gasteiger partial charge in [0.05, 0.1) is 78.3 Å². The number of fused-ring (bicyclic) bond motifs is 30. The van der Waals surface area contributed by atoms with Gasteiger partial charge in [-0.05, 0) is 206 Å². The van der Waals surface area contributed by atoms with E-state index < -0.39 is 0 Å². The number of aromatic nitrogens is 9. The highest BCUT2D eigenvalue weighted by Gasteiger charge is 2.44. The van der Waals surface area contributed by atoms with Crippen molar-refractivity contribution in [2.45, 2.75) is 77.0 Å². The molecule has 0 aliphatic heterocycles. The normalized spacial score (nSPS) is 13.9. The molecule has 149 heavy (non-hydrogen) atoms. The van der Waals surface area contributed by atoms with E-state index in [1.54, 1.807) is 0 Å². The fourth-order valence-electron chi connectivity index (χ4n) is 25.6. The van der Waals surface area contributed by atoms with Crippen molar-refractivity contribution in [2.24, 2.45) is 0 Å². The molecular weight excluding hydrogens is 1810 g/mol. The highest BCUT2D eigenvalue weighted by molar-refractivity contribution is 6.30. The van der Waals surface area contributed by atoms with Gasteiger partial charge < -0.3 is 22.7 Å². The van der Waals surface area contributed by atoms with E-state index in [1.807, 2.05) is 6.07 Å². The molecule has 19 aromatic carbocycles. The molecular formula is C139H99N9O. The number of benzene rings is 19. The van der Waals surface area contributed by atoms with Crippen molar-refractivity contribution < 1.29 is 4.42 Å². The summed E-state index contributed by atoms with van der Waals surface area (Å²) in [4.78, 5) is 26.7. The maximum atomic E-state index is 6.31. The lowest BCUT2D eigenvalue weighted by Crippen LogP contribution is -2.17. The number of pyridine rings is 1. The molecule has 0 radical (unpaired) electrons. The topological polar surface area (TPSA) is 97.3 Å². The molecule has 0 saturated heterocycles. The summed E-state index contributed by atoms with van der Waals surface area (Å²) in [5, 5.41) is 12.4. The second-order valence-electron chi connectivity index (χ2n) is 42.4. The Hall–Kier alpha value is -18.5. The standard InChI is InChI=1S/C49H34N4.C46H35N3.C44H30N2O/c1-49(2)38-22-12-9-19-35(38)45-46(31-15-5-3-6-16-31)50-48(51-47(45)49)32-25-27-34(28-26-32)53-40-24-14-11-21-37(40)44-42(53)30-29-41-43(44)36-20-10-13-23-39(36)52(41)33-17-7-4-8-18-33;1-45(2)34-19-11-8-16-31(34)39-36(45)26-27-38-40(39)33-18-10-13-21-37(33)49(38)30-24-22-29(23-25-30)44-47-42(28-14-6-5-7-15-28)41-32-17-9-12-20-35(32)46(3,4)43(41)48-44;1-44(2)34-20-9-6-17-30(34)40-33(27-13-4-3-5-14-27)26-35(45-43(40)44)28-15-12-16-29(25-28)46-36-21-10-7-18-31(36)41-37(46)23-24-39-42(41)32-19-8-11-22-38(32)47-39/h3-30H,1-2H3;5-27H,1-4H3;3-26H,1-2H3. The first-order chi connectivity index (χ1) is 73.0. The van der Waals surface area contributed by atoms with Crippen molar-refractivity contribution in [3.8, 4) is 135 Å². The van der Waals surface area contributed by atoms with Crippen LogP contribution in [0.5, 0.6) is 0 Å². The average molecular weight is 1910 g/mol. The van der Waals surface area contributed by atoms with E-state index in [0.717, 1.165) is 130 Å². The van der Waals surface area contributed by atoms with Crippen LogP contribution in [0.4, 0.5) is 0 Å². The van der Waals surface area contributed by atoms with Crippen molar-refractivity contribution in [3.05, 3.63) is 500 Å². The second kappa shape index (κ2) is 33.0. The summed E-state index contributed by atoms with van der Waals surface area (Å²) < 4.78 is 15.9. The van der Waals surface area contributed by atoms with Gasteiger partial charge in [0.15, 0.2) is 11.6 Å². The van der Waals surface area contributed by atoms with Gasteiger partial charge in [-0.1, -0.05) is 371 Å². The molecule has 10 nitrogen and oxygen atoms in total. The molecule has 8 aromatic heterocycles. The number of hydrogen-bond donors (Lipinski definition) is 0. The summed E-state index contributed by atoms with van der Waals surface area (Å²) in [6, 6.07) is 163. The molecule has 4 aliphatic carbocycles. The van der Waals surface area contributed by atoms with E-state index >= 15 is 0 Å². The van der Waals surface area contributed by atoms with Gasteiger partial charge in [-0.15, -0.1) is 0 Å². The fraction of sp³-hybridized carbons (Fsp3) is 0.0863. The first-order valence-corrected chi connectivity index (χ1v) is 51.7. The molecule has 4 aliphatic rings. The van der Waals surface area contributed by atoms with Crippen LogP contribution in [0.15, 0.2) is 459 Å². The zero-order chi connectivity index (χ0) is 99.6. The average Bonchev–Trinajstić information content (AvgIpc) is 1.54. The Labute approximate surface area is 862 Å². The number of hydrogen-bond acceptors (Lipinski definition) is 6. The maximum absolute atomic E-state index is 6.31. The minimum Gasteiger partial charge on any atom is -0.456 e. The van der Waals surface area contributed by atoms with E-state index in [4.69, 9.17) is 29.3 Å². The quantitative estimate of drug-likeness (QED) is 0.135. The van der Waals surface area contributed by atoms with Crippen LogP contribution in [0.25, 0.3) is 244 Å². The summed E-state index contributed by atoms with van der Waals surface area (Å²) in [6.07, 6.45) is 0. The highest BCUT2D eigenvalue weighted by atomic mass is 16.3. The van der Waals surface area contributed by atoms with E-state index in [9.17, 15) is 0 Å². The van der Waals surface area contributed by atoms with Gasteiger partial charge >= 0.3 is 0 Å². The molecule has 706 valence electrons. The molecule has 0 atom stereocenters. The zero-order valence-corrected chi connectivity index (χ0v) is 83.7. The van der Waals surface area contributed by atoms with Crippen molar-refractivity contribution >= 4 is 109 Å². The molecule has 0 saturated carbocycles. The summed E-state index contributed by atoms with van der Waals surface area (Å²) in [5.74, 6) is 1.50. The minimum atomic E-state index is -0.245. The third kappa shape index (κ3) is 13.1. The lowest BCUT2D eigenvalue weighted by atomic mass is 9.82. The molecule has 0 fully saturated rings. The molecule has 0 unspecified atom stereocenters. The van der Waals surface area contributed by atoms with Gasteiger partial charge in [0.1, 0.15) is 11.2 Å². The van der Waals surface area contributed by atoms with E-state index in [2.05, 4.69) is 523 Å². The summed E-state index contributed by atoms with van der Waals surface area (Å²) in [5.41, 5.74) is 45.8. The largest absolute Gasteiger partial charge is 0.456 e. The van der Waals surface area contributed by atoms with Crippen LogP contribution in [0.3, 0.4) is 0 Å². The number of furan rings is 1. The van der Waals surface area contributed by atoms with Crippen LogP contribution in [-0.2, 0) is 21.7 Å². The monoisotopic (exact) mass is 1910 g/mol. The van der Waals surface area contributed by atoms with Crippen LogP contribution in [0, 0.1) is 0 Å². The van der Waals surface area contributed by atoms with E-state index in [1.165, 1.54) is 159 Å². The predicted molar refractivity (Wildman–Crippen MR) is 616 cm³/mol. The van der Waals surface area contributed by atoms with Gasteiger partial charge in [0.25, 0.3) is 0 Å². The van der Waals surface area contributed by atoms with Gasteiger partial charge in [0, 0.05) is 143 Å². The SMILES string of the molecule is CC1(C)c2ccccc2-c2c(-c3ccccc3)cc(-c3cccc(-n4c5ccccc5c5c6c(ccc54)oc4ccccc46)c3)nc21.CC1(C)c2ccccc2-c2c(-c3ccccc3)nc(-c3ccc(-n4c5ccccc5c5c6c7ccccc7n(-c7ccccc7)c6ccc54)cc3)nc21.CC1(C)c2ccccc2-c2c1ccc1c2c2ccccc2n1-c1ccc(-c2nc(-c3ccccc3)c3c(n2)C(C)(C)c2ccccc2-3)cc1. The lowest BCUT2D eigenvalue weighted by molar-refractivity contribution is 0.636. The van der Waals surface area contributed by atoms with Gasteiger partial charge in [0.2, 0.25) is 0 Å². The van der Waals surface area contributed by atoms with Crippen LogP contribution in [0.1, 0.15) is 100 Å². The third-order valence-electron chi connectivity index (χ3n) is 32.6. The molecule has 8 heterocycles. The first kappa shape index (κ1) is 87.1. The summed E-state index contributed by atoms with van der Waals surface area (Å²) >= 11 is 0. The van der Waals surface area contributed by atoms with E-state index in [0.29, 0.717) is 0 Å². The molecule has 27 aromatic rings. The Morgan fingerprint density at radius 1 is 0.188 bits per heavy atom. The van der Waals surface area contributed by atoms with Crippen LogP contribution in [-0.4, -0.2) is 43.2 Å². The number of para-hydroxylation sites is 6. The maximum Gasteiger partial charge on any atom is 0.160 e. The van der Waals surface area contributed by atoms with Gasteiger partial charge in [-0.25, -0.2) is 19.9 Å². The molecule has 0 N–H and O–H groups in total. The Kier molecular flexibility index (Phi) is 19.3. The van der Waals surface area contributed by atoms with Crippen LogP contribution >= 0.6 is 0 Å². The van der Waals surface area contributed by atoms with Crippen molar-refractivity contribution in [2.75, 3.05) is 0 Å². The molecule has 0 spiro atoms. The molecule has 31 rings (SSSR count). The van der Waals surface area contributed by atoms with Crippen LogP contribution in [0.2, 0.25) is 0 Å². The Balaban J connectivity index is 0.000000105. The summed E-state index contributed by atoms with van der Waals surface area (Å²) in [7, 11) is 0. The Morgan fingerprint density at radius 3 is 1.00 bits per heavy atom. The predicted octanol–water partition coefficient (Wildman–Crippen LogP) is 35.5. The summed E-state index contributed by atoms with van der Waals surface area (Å²) in [6.45, 7) is 18.4. The first-order valence-electron chi connectivity index (χ1n) is 51.7. The molecule has 0 bridgehead atoms. The second-order valence-corrected chi connectivity index (χ2v) is 42.4. The smallest absolute Gasteiger partial charge is 0.160 e. The third-order valence-corrected chi connectivity index (χ3v) is 32.6. The van der Waals surface area contributed by atoms with Crippen LogP contribution < -0.4 is 0 Å². The Morgan fingerprint density at radius 2 is 0.523 bits per heavy atom. The highest BCUT2D eigenvalue weighted by Crippen LogP contribution is 2.59. The van der Waals surface area contributed by atoms with Gasteiger partial charge in [-0.3, -0.25) is 4.98 Å². The van der Waals surface area contributed by atoms with Crippen molar-refractivity contribution in [1.82, 2.24) is 43.2 Å². The van der Waals surface area contributed by atoms with Crippen molar-refractivity contribution in [3.63, 3.8) is 0 Å². The lowest BCUT2D eigenvalue weighted by Gasteiger charge is -2.21. The van der Waals surface area contributed by atoms with E-state index in [-0.39, 0.29) is 21.7 Å². The zero-order valence-electron chi connectivity index (χ0n) is 83.7. The van der Waals surface area contributed by atoms with Crippen molar-refractivity contribution in [1.29, 1.82) is 0 Å². The van der Waals surface area contributed by atoms with Gasteiger partial charge in [-0.2, -0.15) is 0 Å².